The first-order valence-corrected chi connectivity index (χ1v) is 7.22. The molecular weight excluding hydrogens is 266 g/mol. The van der Waals surface area contributed by atoms with Gasteiger partial charge in [-0.1, -0.05) is 25.1 Å². The molecule has 2 aromatic rings. The van der Waals surface area contributed by atoms with E-state index in [4.69, 9.17) is 4.74 Å². The van der Waals surface area contributed by atoms with Crippen molar-refractivity contribution in [3.8, 4) is 5.75 Å². The van der Waals surface area contributed by atoms with Crippen molar-refractivity contribution in [1.29, 1.82) is 0 Å². The molecule has 2 rings (SSSR count). The minimum atomic E-state index is -0.241. The maximum absolute atomic E-state index is 11.8. The Morgan fingerprint density at radius 2 is 2.10 bits per heavy atom. The normalized spacial score (nSPS) is 12.1. The lowest BCUT2D eigenvalue weighted by molar-refractivity contribution is 0.328. The molecular formula is C16H21N3O2. The molecule has 1 N–H and O–H groups in total. The van der Waals surface area contributed by atoms with Gasteiger partial charge in [0, 0.05) is 24.5 Å². The average Bonchev–Trinajstić information content (AvgIpc) is 2.50. The summed E-state index contributed by atoms with van der Waals surface area (Å²) in [5.74, 6) is 0.850. The highest BCUT2D eigenvalue weighted by Crippen LogP contribution is 2.26. The van der Waals surface area contributed by atoms with Crippen LogP contribution in [0.1, 0.15) is 25.5 Å². The zero-order chi connectivity index (χ0) is 15.1. The fraction of sp³-hybridized carbons (Fsp3) is 0.375. The number of likely N-dealkylation sites (N-methyl/N-ethyl adjacent to an activating group) is 1. The lowest BCUT2D eigenvalue weighted by Crippen LogP contribution is -2.31. The lowest BCUT2D eigenvalue weighted by Gasteiger charge is -2.21. The average molecular weight is 287 g/mol. The maximum atomic E-state index is 11.8. The summed E-state index contributed by atoms with van der Waals surface area (Å²) in [5.41, 5.74) is 0.811. The van der Waals surface area contributed by atoms with Crippen LogP contribution in [0.4, 0.5) is 0 Å². The molecule has 0 bridgehead atoms. The van der Waals surface area contributed by atoms with Gasteiger partial charge in [0.1, 0.15) is 5.75 Å². The van der Waals surface area contributed by atoms with E-state index < -0.39 is 0 Å². The Bertz CT molecular complexity index is 625. The fourth-order valence-corrected chi connectivity index (χ4v) is 2.30. The lowest BCUT2D eigenvalue weighted by atomic mass is 10.1. The fourth-order valence-electron chi connectivity index (χ4n) is 2.30. The molecule has 0 saturated heterocycles. The molecule has 0 radical (unpaired) electrons. The molecule has 5 heteroatoms. The number of benzene rings is 1. The highest BCUT2D eigenvalue weighted by Gasteiger charge is 2.16. The number of nitrogens with one attached hydrogen (secondary N) is 1. The highest BCUT2D eigenvalue weighted by molar-refractivity contribution is 5.36. The second-order valence-corrected chi connectivity index (χ2v) is 4.64. The number of rotatable bonds is 7. The topological polar surface area (TPSA) is 56.2 Å². The van der Waals surface area contributed by atoms with Crippen LogP contribution >= 0.6 is 0 Å². The van der Waals surface area contributed by atoms with Crippen LogP contribution in [-0.2, 0) is 6.54 Å². The number of hydrogen-bond acceptors (Lipinski definition) is 4. The zero-order valence-electron chi connectivity index (χ0n) is 12.5. The Kier molecular flexibility index (Phi) is 5.51. The van der Waals surface area contributed by atoms with Crippen LogP contribution < -0.4 is 15.7 Å². The molecule has 0 saturated carbocycles. The van der Waals surface area contributed by atoms with Crippen molar-refractivity contribution < 1.29 is 4.74 Å². The van der Waals surface area contributed by atoms with E-state index in [9.17, 15) is 4.79 Å². The van der Waals surface area contributed by atoms with Gasteiger partial charge in [-0.3, -0.25) is 4.57 Å². The minimum Gasteiger partial charge on any atom is -0.494 e. The van der Waals surface area contributed by atoms with Gasteiger partial charge in [-0.2, -0.15) is 0 Å². The predicted octanol–water partition coefficient (Wildman–Crippen LogP) is 1.99. The van der Waals surface area contributed by atoms with E-state index in [1.807, 2.05) is 38.1 Å². The molecule has 21 heavy (non-hydrogen) atoms. The Hall–Kier alpha value is -2.14. The zero-order valence-corrected chi connectivity index (χ0v) is 12.5. The summed E-state index contributed by atoms with van der Waals surface area (Å²) in [6.07, 6.45) is 3.26. The first kappa shape index (κ1) is 15.3. The highest BCUT2D eigenvalue weighted by atomic mass is 16.5. The van der Waals surface area contributed by atoms with Crippen molar-refractivity contribution >= 4 is 0 Å². The van der Waals surface area contributed by atoms with Crippen LogP contribution in [0.5, 0.6) is 5.75 Å². The molecule has 0 spiro atoms. The third-order valence-corrected chi connectivity index (χ3v) is 3.21. The molecule has 0 fully saturated rings. The van der Waals surface area contributed by atoms with E-state index >= 15 is 0 Å². The van der Waals surface area contributed by atoms with E-state index in [0.717, 1.165) is 17.9 Å². The molecule has 1 unspecified atom stereocenters. The maximum Gasteiger partial charge on any atom is 0.347 e. The molecule has 0 amide bonds. The quantitative estimate of drug-likeness (QED) is 0.846. The number of hydrogen-bond donors (Lipinski definition) is 1. The SMILES string of the molecule is CCNC(Cn1cccnc1=O)c1ccccc1OCC. The van der Waals surface area contributed by atoms with Crippen LogP contribution in [0, 0.1) is 0 Å². The Morgan fingerprint density at radius 3 is 2.81 bits per heavy atom. The second-order valence-electron chi connectivity index (χ2n) is 4.64. The third kappa shape index (κ3) is 3.92. The molecule has 1 heterocycles. The Labute approximate surface area is 124 Å². The summed E-state index contributed by atoms with van der Waals surface area (Å²) < 4.78 is 7.30. The molecule has 1 aromatic carbocycles. The monoisotopic (exact) mass is 287 g/mol. The summed E-state index contributed by atoms with van der Waals surface area (Å²) in [6.45, 7) is 5.94. The number of para-hydroxylation sites is 1. The molecule has 0 aliphatic carbocycles. The van der Waals surface area contributed by atoms with E-state index in [0.29, 0.717) is 13.2 Å². The summed E-state index contributed by atoms with van der Waals surface area (Å²) in [7, 11) is 0. The van der Waals surface area contributed by atoms with Crippen LogP contribution in [0.25, 0.3) is 0 Å². The number of nitrogens with zero attached hydrogens (tertiary/aromatic N) is 2. The summed E-state index contributed by atoms with van der Waals surface area (Å²) in [5, 5.41) is 3.41. The van der Waals surface area contributed by atoms with E-state index in [-0.39, 0.29) is 11.7 Å². The van der Waals surface area contributed by atoms with Gasteiger partial charge in [-0.25, -0.2) is 9.78 Å². The van der Waals surface area contributed by atoms with Gasteiger partial charge in [0.15, 0.2) is 0 Å². The van der Waals surface area contributed by atoms with Gasteiger partial charge in [-0.05, 0) is 25.6 Å². The molecule has 112 valence electrons. The van der Waals surface area contributed by atoms with Gasteiger partial charge >= 0.3 is 5.69 Å². The van der Waals surface area contributed by atoms with Crippen LogP contribution in [-0.4, -0.2) is 22.7 Å². The van der Waals surface area contributed by atoms with Crippen molar-refractivity contribution in [3.05, 3.63) is 58.8 Å². The molecule has 5 nitrogen and oxygen atoms in total. The Balaban J connectivity index is 2.31. The second kappa shape index (κ2) is 7.59. The van der Waals surface area contributed by atoms with Crippen molar-refractivity contribution in [2.45, 2.75) is 26.4 Å². The first-order valence-electron chi connectivity index (χ1n) is 7.22. The summed E-state index contributed by atoms with van der Waals surface area (Å²) in [6, 6.07) is 9.68. The van der Waals surface area contributed by atoms with Crippen LogP contribution in [0.3, 0.4) is 0 Å². The Morgan fingerprint density at radius 1 is 1.29 bits per heavy atom. The van der Waals surface area contributed by atoms with Crippen LogP contribution in [0.2, 0.25) is 0 Å². The summed E-state index contributed by atoms with van der Waals surface area (Å²) in [4.78, 5) is 15.6. The predicted molar refractivity (Wildman–Crippen MR) is 82.5 cm³/mol. The standard InChI is InChI=1S/C16H21N3O2/c1-3-17-14(12-19-11-7-10-18-16(19)20)13-8-5-6-9-15(13)21-4-2/h5-11,14,17H,3-4,12H2,1-2H3. The molecule has 1 aromatic heterocycles. The van der Waals surface area contributed by atoms with E-state index in [2.05, 4.69) is 10.3 Å². The van der Waals surface area contributed by atoms with Crippen molar-refractivity contribution in [3.63, 3.8) is 0 Å². The number of aromatic nitrogens is 2. The number of ether oxygens (including phenoxy) is 1. The van der Waals surface area contributed by atoms with Crippen molar-refractivity contribution in [2.75, 3.05) is 13.2 Å². The van der Waals surface area contributed by atoms with Gasteiger partial charge in [-0.15, -0.1) is 0 Å². The van der Waals surface area contributed by atoms with Crippen molar-refractivity contribution in [1.82, 2.24) is 14.9 Å². The minimum absolute atomic E-state index is 0.000324. The van der Waals surface area contributed by atoms with Crippen molar-refractivity contribution in [2.24, 2.45) is 0 Å². The van der Waals surface area contributed by atoms with Gasteiger partial charge in [0.05, 0.1) is 12.6 Å². The van der Waals surface area contributed by atoms with Gasteiger partial charge < -0.3 is 10.1 Å². The molecule has 1 atom stereocenters. The smallest absolute Gasteiger partial charge is 0.347 e. The summed E-state index contributed by atoms with van der Waals surface area (Å²) >= 11 is 0. The van der Waals surface area contributed by atoms with Gasteiger partial charge in [0.2, 0.25) is 0 Å². The molecule has 0 aliphatic heterocycles. The molecule has 0 aliphatic rings. The van der Waals surface area contributed by atoms with Gasteiger partial charge in [0.25, 0.3) is 0 Å². The largest absolute Gasteiger partial charge is 0.494 e. The first-order chi connectivity index (χ1) is 10.3. The van der Waals surface area contributed by atoms with E-state index in [1.165, 1.54) is 6.20 Å². The van der Waals surface area contributed by atoms with E-state index in [1.54, 1.807) is 16.8 Å². The van der Waals surface area contributed by atoms with Crippen LogP contribution in [0.15, 0.2) is 47.5 Å². The third-order valence-electron chi connectivity index (χ3n) is 3.21.